The molecule has 0 aliphatic rings. The minimum absolute atomic E-state index is 0. The molecule has 0 unspecified atom stereocenters. The van der Waals surface area contributed by atoms with E-state index in [0.717, 1.165) is 17.5 Å². The van der Waals surface area contributed by atoms with E-state index in [1.807, 2.05) is 58.0 Å². The van der Waals surface area contributed by atoms with Crippen molar-refractivity contribution >= 4 is 23.6 Å². The number of hydrogen-bond donors (Lipinski definition) is 1. The fraction of sp³-hybridized carbons (Fsp3) is 0.269. The van der Waals surface area contributed by atoms with E-state index in [1.165, 1.54) is 20.9 Å². The molecule has 0 aliphatic carbocycles. The molecule has 1 radical (unpaired) electrons. The monoisotopic (exact) mass is 513 g/mol. The van der Waals surface area contributed by atoms with Gasteiger partial charge in [0.25, 0.3) is 0 Å². The SMILES string of the molecule is CC.CC.O=[C-]O.[CH2-]c1ccc(C(=O)CCc2sc(-c3ccccc3)cc2C)cc1.[Y]. The van der Waals surface area contributed by atoms with Crippen LogP contribution >= 0.6 is 11.3 Å². The molecule has 31 heavy (non-hydrogen) atoms. The van der Waals surface area contributed by atoms with Crippen LogP contribution in [0, 0.1) is 13.8 Å². The van der Waals surface area contributed by atoms with Gasteiger partial charge in [-0.3, -0.25) is 4.79 Å². The van der Waals surface area contributed by atoms with Crippen molar-refractivity contribution in [1.82, 2.24) is 0 Å². The number of aliphatic hydroxyl groups excluding tert-OH is 1. The standard InChI is InChI=1S/C21H19OS.2C2H6.CHO2.Y/c1-15-8-10-17(11-9-15)19(22)12-13-20-16(2)14-21(23-20)18-6-4-3-5-7-18;2*1-2;2-1-3;/h3-11,14H,1,12-13H2,2H3;2*1-2H3;(H,2,3);/q-1;;;-1;. The molecule has 0 fully saturated rings. The van der Waals surface area contributed by atoms with Crippen molar-refractivity contribution in [2.45, 2.75) is 47.5 Å². The largest absolute Gasteiger partial charge is 0.665 e. The average Bonchev–Trinajstić information content (AvgIpc) is 3.17. The van der Waals surface area contributed by atoms with E-state index < -0.39 is 0 Å². The summed E-state index contributed by atoms with van der Waals surface area (Å²) in [6.07, 6.45) is 1.35. The third kappa shape index (κ3) is 11.4. The first-order valence-electron chi connectivity index (χ1n) is 10.2. The first-order valence-corrected chi connectivity index (χ1v) is 11.0. The summed E-state index contributed by atoms with van der Waals surface area (Å²) in [5.74, 6) is 0.194. The van der Waals surface area contributed by atoms with Gasteiger partial charge in [0.05, 0.1) is 0 Å². The van der Waals surface area contributed by atoms with Gasteiger partial charge in [0.1, 0.15) is 0 Å². The van der Waals surface area contributed by atoms with Crippen molar-refractivity contribution in [3.05, 3.63) is 89.2 Å². The van der Waals surface area contributed by atoms with Gasteiger partial charge in [-0.2, -0.15) is 24.6 Å². The molecule has 0 aliphatic heterocycles. The first-order chi connectivity index (χ1) is 14.5. The van der Waals surface area contributed by atoms with Gasteiger partial charge in [0.15, 0.2) is 5.78 Å². The Morgan fingerprint density at radius 1 is 1.00 bits per heavy atom. The number of carbonyl (C=O) groups is 1. The number of aryl methyl sites for hydroxylation is 2. The van der Waals surface area contributed by atoms with Crippen LogP contribution in [-0.4, -0.2) is 17.4 Å². The van der Waals surface area contributed by atoms with Crippen molar-refractivity contribution < 1.29 is 47.4 Å². The van der Waals surface area contributed by atoms with Crippen LogP contribution in [0.15, 0.2) is 60.7 Å². The van der Waals surface area contributed by atoms with Gasteiger partial charge in [-0.25, -0.2) is 0 Å². The number of benzene rings is 2. The summed E-state index contributed by atoms with van der Waals surface area (Å²) in [7, 11) is 0. The van der Waals surface area contributed by atoms with Gasteiger partial charge in [-0.05, 0) is 36.1 Å². The Labute approximate surface area is 216 Å². The Kier molecular flexibility index (Phi) is 19.2. The third-order valence-electron chi connectivity index (χ3n) is 3.93. The minimum atomic E-state index is 0. The molecule has 5 heteroatoms. The van der Waals surface area contributed by atoms with Crippen LogP contribution in [0.2, 0.25) is 0 Å². The normalized spacial score (nSPS) is 8.68. The van der Waals surface area contributed by atoms with Crippen molar-refractivity contribution in [2.24, 2.45) is 0 Å². The molecule has 3 aromatic rings. The third-order valence-corrected chi connectivity index (χ3v) is 5.28. The maximum atomic E-state index is 12.3. The average molecular weight is 514 g/mol. The summed E-state index contributed by atoms with van der Waals surface area (Å²) in [4.78, 5) is 23.1. The quantitative estimate of drug-likeness (QED) is 0.286. The molecule has 0 saturated heterocycles. The van der Waals surface area contributed by atoms with E-state index in [-0.39, 0.29) is 38.5 Å². The van der Waals surface area contributed by atoms with Crippen LogP contribution in [0.25, 0.3) is 10.4 Å². The summed E-state index contributed by atoms with van der Waals surface area (Å²) in [6.45, 7) is 14.5. The second-order valence-electron chi connectivity index (χ2n) is 5.79. The molecule has 0 atom stereocenters. The second-order valence-corrected chi connectivity index (χ2v) is 6.93. The Morgan fingerprint density at radius 2 is 1.52 bits per heavy atom. The summed E-state index contributed by atoms with van der Waals surface area (Å²) in [6, 6.07) is 20.1. The van der Waals surface area contributed by atoms with Crippen LogP contribution in [0.1, 0.15) is 60.5 Å². The summed E-state index contributed by atoms with van der Waals surface area (Å²) < 4.78 is 0. The van der Waals surface area contributed by atoms with Gasteiger partial charge in [-0.1, -0.05) is 64.5 Å². The predicted molar refractivity (Wildman–Crippen MR) is 129 cm³/mol. The van der Waals surface area contributed by atoms with Crippen LogP contribution in [0.3, 0.4) is 0 Å². The van der Waals surface area contributed by atoms with Crippen LogP contribution in [-0.2, 0) is 43.9 Å². The van der Waals surface area contributed by atoms with E-state index >= 15 is 0 Å². The fourth-order valence-corrected chi connectivity index (χ4v) is 3.75. The molecule has 0 bridgehead atoms. The van der Waals surface area contributed by atoms with Crippen LogP contribution in [0.5, 0.6) is 0 Å². The Morgan fingerprint density at radius 3 is 2.03 bits per heavy atom. The first kappa shape index (κ1) is 31.4. The Hall–Kier alpha value is -1.75. The zero-order valence-electron chi connectivity index (χ0n) is 19.1. The van der Waals surface area contributed by atoms with E-state index in [4.69, 9.17) is 9.90 Å². The molecule has 2 aromatic carbocycles. The molecule has 1 N–H and O–H groups in total. The number of thiophene rings is 1. The zero-order chi connectivity index (χ0) is 22.9. The number of carbonyl (C=O) groups excluding carboxylic acids is 1. The molecule has 3 nitrogen and oxygen atoms in total. The molecule has 1 heterocycles. The molecule has 3 rings (SSSR count). The van der Waals surface area contributed by atoms with Gasteiger partial charge in [-0.15, -0.1) is 23.5 Å². The maximum Gasteiger partial charge on any atom is 0.161 e. The molecular formula is C26H32O3SY-2. The van der Waals surface area contributed by atoms with Gasteiger partial charge < -0.3 is 9.90 Å². The molecule has 0 saturated carbocycles. The minimum Gasteiger partial charge on any atom is -0.665 e. The van der Waals surface area contributed by atoms with E-state index in [0.29, 0.717) is 12.9 Å². The topological polar surface area (TPSA) is 54.4 Å². The molecule has 0 spiro atoms. The Bertz CT molecular complexity index is 856. The Balaban J connectivity index is 0. The maximum absolute atomic E-state index is 12.3. The molecule has 165 valence electrons. The predicted octanol–water partition coefficient (Wildman–Crippen LogP) is 7.38. The van der Waals surface area contributed by atoms with E-state index in [9.17, 15) is 4.79 Å². The summed E-state index contributed by atoms with van der Waals surface area (Å²) in [5, 5.41) is 6.76. The van der Waals surface area contributed by atoms with Crippen molar-refractivity contribution in [2.75, 3.05) is 0 Å². The van der Waals surface area contributed by atoms with Crippen LogP contribution < -0.4 is 0 Å². The second kappa shape index (κ2) is 19.0. The van der Waals surface area contributed by atoms with Crippen molar-refractivity contribution in [1.29, 1.82) is 0 Å². The van der Waals surface area contributed by atoms with E-state index in [1.54, 1.807) is 11.3 Å². The van der Waals surface area contributed by atoms with E-state index in [2.05, 4.69) is 44.2 Å². The van der Waals surface area contributed by atoms with Gasteiger partial charge in [0, 0.05) is 48.9 Å². The molecular weight excluding hydrogens is 481 g/mol. The fourth-order valence-electron chi connectivity index (χ4n) is 2.57. The number of ketones is 1. The molecule has 1 aromatic heterocycles. The van der Waals surface area contributed by atoms with Gasteiger partial charge >= 0.3 is 0 Å². The molecule has 0 amide bonds. The summed E-state index contributed by atoms with van der Waals surface area (Å²) >= 11 is 1.79. The number of hydrogen-bond acceptors (Lipinski definition) is 3. The summed E-state index contributed by atoms with van der Waals surface area (Å²) in [5.41, 5.74) is 4.22. The van der Waals surface area contributed by atoms with Gasteiger partial charge in [0.2, 0.25) is 0 Å². The van der Waals surface area contributed by atoms with Crippen molar-refractivity contribution in [3.8, 4) is 10.4 Å². The zero-order valence-corrected chi connectivity index (χ0v) is 22.8. The number of Topliss-reactive ketones (excluding diaryl/α,β-unsaturated/α-hetero) is 1. The number of rotatable bonds is 5. The van der Waals surface area contributed by atoms with Crippen molar-refractivity contribution in [3.63, 3.8) is 0 Å². The smallest absolute Gasteiger partial charge is 0.161 e. The van der Waals surface area contributed by atoms with Crippen LogP contribution in [0.4, 0.5) is 0 Å².